The summed E-state index contributed by atoms with van der Waals surface area (Å²) in [4.78, 5) is 10.0. The van der Waals surface area contributed by atoms with Crippen LogP contribution >= 0.6 is 9.58 Å². The first-order valence-corrected chi connectivity index (χ1v) is 9.59. The van der Waals surface area contributed by atoms with Crippen molar-refractivity contribution in [1.29, 1.82) is 0 Å². The number of carbonyl (C=O) groups is 1. The Kier molecular flexibility index (Phi) is 10.3. The van der Waals surface area contributed by atoms with Crippen molar-refractivity contribution < 1.29 is 27.8 Å². The fourth-order valence-electron chi connectivity index (χ4n) is 2.29. The molecule has 1 N–H and O–H groups in total. The van der Waals surface area contributed by atoms with Gasteiger partial charge in [-0.3, -0.25) is 0 Å². The van der Waals surface area contributed by atoms with Crippen molar-refractivity contribution in [3.05, 3.63) is 29.6 Å². The normalized spacial score (nSPS) is 25.9. The van der Waals surface area contributed by atoms with Crippen LogP contribution in [-0.4, -0.2) is 18.6 Å². The predicted octanol–water partition coefficient (Wildman–Crippen LogP) is 2.15. The summed E-state index contributed by atoms with van der Waals surface area (Å²) in [5.74, 6) is 6.37. The van der Waals surface area contributed by atoms with Crippen LogP contribution in [0.5, 0.6) is 0 Å². The third kappa shape index (κ3) is 5.63. The summed E-state index contributed by atoms with van der Waals surface area (Å²) < 4.78 is 0. The van der Waals surface area contributed by atoms with Gasteiger partial charge in [0, 0.05) is 6.04 Å². The summed E-state index contributed by atoms with van der Waals surface area (Å²) >= 11 is 1.47. The van der Waals surface area contributed by atoms with Gasteiger partial charge in [-0.05, 0) is 49.0 Å². The minimum absolute atomic E-state index is 0.380. The maximum atomic E-state index is 10.0. The SMILES string of the molecule is C[C]1[C](C)[C](C)[C](C)[C]1C.O=C([O-])[C@@H]1CCCN1.[Cl][Ir+2]. The molecule has 5 radical (unpaired) electrons. The zero-order chi connectivity index (χ0) is 15.9. The van der Waals surface area contributed by atoms with E-state index in [0.29, 0.717) is 0 Å². The van der Waals surface area contributed by atoms with Crippen molar-refractivity contribution in [3.8, 4) is 0 Å². The third-order valence-electron chi connectivity index (χ3n) is 4.16. The second-order valence-electron chi connectivity index (χ2n) is 5.09. The molecule has 1 atom stereocenters. The van der Waals surface area contributed by atoms with E-state index in [1.54, 1.807) is 0 Å². The summed E-state index contributed by atoms with van der Waals surface area (Å²) in [5, 5.41) is 12.8. The Balaban J connectivity index is 0.000000327. The Bertz CT molecular complexity index is 240. The molecule has 5 heteroatoms. The van der Waals surface area contributed by atoms with E-state index in [4.69, 9.17) is 0 Å². The van der Waals surface area contributed by atoms with Gasteiger partial charge in [-0.25, -0.2) is 0 Å². The minimum atomic E-state index is -0.970. The van der Waals surface area contributed by atoms with E-state index in [1.165, 1.54) is 47.5 Å². The van der Waals surface area contributed by atoms with Gasteiger partial charge in [0.2, 0.25) is 0 Å². The van der Waals surface area contributed by atoms with E-state index in [1.807, 2.05) is 0 Å². The van der Waals surface area contributed by atoms with Gasteiger partial charge in [0.05, 0.1) is 5.97 Å². The van der Waals surface area contributed by atoms with Crippen molar-refractivity contribution in [2.45, 2.75) is 53.5 Å². The third-order valence-corrected chi connectivity index (χ3v) is 4.16. The van der Waals surface area contributed by atoms with E-state index < -0.39 is 5.97 Å². The Morgan fingerprint density at radius 3 is 1.55 bits per heavy atom. The van der Waals surface area contributed by atoms with Gasteiger partial charge < -0.3 is 15.2 Å². The van der Waals surface area contributed by atoms with Crippen LogP contribution < -0.4 is 10.4 Å². The second-order valence-corrected chi connectivity index (χ2v) is 5.09. The average Bonchev–Trinajstić information content (AvgIpc) is 3.04. The van der Waals surface area contributed by atoms with Crippen LogP contribution in [0, 0.1) is 29.6 Å². The van der Waals surface area contributed by atoms with E-state index >= 15 is 0 Å². The molecule has 115 valence electrons. The van der Waals surface area contributed by atoms with E-state index in [2.05, 4.69) is 49.5 Å². The summed E-state index contributed by atoms with van der Waals surface area (Å²) in [6, 6.07) is -0.380. The number of nitrogens with one attached hydrogen (secondary N) is 1. The van der Waals surface area contributed by atoms with Crippen molar-refractivity contribution in [2.24, 2.45) is 0 Å². The number of aliphatic carboxylic acids is 1. The topological polar surface area (TPSA) is 52.2 Å². The van der Waals surface area contributed by atoms with Gasteiger partial charge in [0.15, 0.2) is 0 Å². The Morgan fingerprint density at radius 2 is 1.40 bits per heavy atom. The number of halogens is 1. The molecular formula is C15H23ClIrNO2+. The van der Waals surface area contributed by atoms with Crippen molar-refractivity contribution in [3.63, 3.8) is 0 Å². The number of hydrogen-bond donors (Lipinski definition) is 1. The molecule has 0 aromatic carbocycles. The zero-order valence-corrected chi connectivity index (χ0v) is 15.9. The van der Waals surface area contributed by atoms with E-state index in [-0.39, 0.29) is 6.04 Å². The van der Waals surface area contributed by atoms with Gasteiger partial charge in [-0.15, -0.1) is 0 Å². The van der Waals surface area contributed by atoms with Crippen LogP contribution in [0.4, 0.5) is 0 Å². The molecule has 1 saturated heterocycles. The van der Waals surface area contributed by atoms with Crippen molar-refractivity contribution in [1.82, 2.24) is 5.32 Å². The van der Waals surface area contributed by atoms with Gasteiger partial charge in [0.25, 0.3) is 0 Å². The molecule has 0 spiro atoms. The van der Waals surface area contributed by atoms with Crippen LogP contribution in [0.25, 0.3) is 0 Å². The molecule has 2 aliphatic rings. The van der Waals surface area contributed by atoms with Crippen LogP contribution in [0.2, 0.25) is 0 Å². The van der Waals surface area contributed by atoms with Crippen LogP contribution in [0.3, 0.4) is 0 Å². The van der Waals surface area contributed by atoms with Gasteiger partial charge in [-0.2, -0.15) is 0 Å². The molecule has 20 heavy (non-hydrogen) atoms. The Hall–Kier alpha value is 0.369. The molecule has 0 amide bonds. The molecule has 0 bridgehead atoms. The first-order chi connectivity index (χ1) is 9.36. The number of carbonyl (C=O) groups excluding carboxylic acids is 1. The second kappa shape index (κ2) is 10.2. The standard InChI is InChI=1S/C10H15.C5H9NO2.ClH.Ir/c1-6-7(2)9(4)10(5)8(6)3;7-5(8)4-2-1-3-6-4;;/h1-5H3;4,6H,1-3H2,(H,7,8);1H;/q;;;+3/p-2/t;4-;;/m.0../s1. The van der Waals surface area contributed by atoms with Gasteiger partial charge in [-0.1, -0.05) is 34.6 Å². The number of carboxylic acids is 1. The quantitative estimate of drug-likeness (QED) is 0.631. The van der Waals surface area contributed by atoms with Crippen LogP contribution in [0.15, 0.2) is 0 Å². The summed E-state index contributed by atoms with van der Waals surface area (Å²) in [6.45, 7) is 11.8. The molecule has 0 aromatic heterocycles. The monoisotopic (exact) mass is 477 g/mol. The van der Waals surface area contributed by atoms with E-state index in [9.17, 15) is 9.90 Å². The van der Waals surface area contributed by atoms with Crippen molar-refractivity contribution >= 4 is 15.6 Å². The molecule has 3 nitrogen and oxygen atoms in total. The Morgan fingerprint density at radius 1 is 1.05 bits per heavy atom. The first kappa shape index (κ1) is 20.4. The first-order valence-electron chi connectivity index (χ1n) is 6.62. The fourth-order valence-corrected chi connectivity index (χ4v) is 2.29. The number of carboxylic acid groups (broad SMARTS) is 1. The molecular weight excluding hydrogens is 454 g/mol. The summed E-state index contributed by atoms with van der Waals surface area (Å²) in [6.07, 6.45) is 1.68. The molecule has 0 unspecified atom stereocenters. The zero-order valence-electron chi connectivity index (χ0n) is 12.7. The fraction of sp³-hybridized carbons (Fsp3) is 0.600. The average molecular weight is 477 g/mol. The molecule has 2 rings (SSSR count). The molecule has 1 aliphatic carbocycles. The van der Waals surface area contributed by atoms with E-state index in [0.717, 1.165) is 19.4 Å². The molecule has 1 aliphatic heterocycles. The number of hydrogen-bond acceptors (Lipinski definition) is 3. The molecule has 1 saturated carbocycles. The predicted molar refractivity (Wildman–Crippen MR) is 76.5 cm³/mol. The van der Waals surface area contributed by atoms with Crippen LogP contribution in [-0.2, 0) is 22.7 Å². The van der Waals surface area contributed by atoms with Gasteiger partial charge in [0.1, 0.15) is 0 Å². The molecule has 2 fully saturated rings. The van der Waals surface area contributed by atoms with Gasteiger partial charge >= 0.3 is 27.5 Å². The Labute approximate surface area is 138 Å². The summed E-state index contributed by atoms with van der Waals surface area (Å²) in [7, 11) is 4.64. The van der Waals surface area contributed by atoms with Crippen LogP contribution in [0.1, 0.15) is 47.5 Å². The number of rotatable bonds is 1. The van der Waals surface area contributed by atoms with Crippen molar-refractivity contribution in [2.75, 3.05) is 6.54 Å². The maximum absolute atomic E-state index is 10.0. The molecule has 0 aromatic rings. The summed E-state index contributed by atoms with van der Waals surface area (Å²) in [5.41, 5.74) is 0. The molecule has 1 heterocycles.